The van der Waals surface area contributed by atoms with Gasteiger partial charge in [-0.15, -0.1) is 0 Å². The van der Waals surface area contributed by atoms with Crippen LogP contribution in [0.5, 0.6) is 0 Å². The minimum atomic E-state index is -0.478. The lowest BCUT2D eigenvalue weighted by Crippen LogP contribution is -2.53. The van der Waals surface area contributed by atoms with Crippen LogP contribution in [0.25, 0.3) is 0 Å². The van der Waals surface area contributed by atoms with Gasteiger partial charge in [-0.05, 0) is 18.4 Å². The monoisotopic (exact) mass is 245 g/mol. The maximum atomic E-state index is 6.16. The lowest BCUT2D eigenvalue weighted by molar-refractivity contribution is -0.0568. The van der Waals surface area contributed by atoms with E-state index in [9.17, 15) is 0 Å². The fraction of sp³-hybridized carbons (Fsp3) is 0.385. The average Bonchev–Trinajstić information content (AvgIpc) is 2.89. The Hall–Kier alpha value is -1.72. The van der Waals surface area contributed by atoms with Crippen LogP contribution >= 0.6 is 0 Å². The van der Waals surface area contributed by atoms with Gasteiger partial charge in [-0.2, -0.15) is 4.98 Å². The number of aromatic nitrogens is 2. The summed E-state index contributed by atoms with van der Waals surface area (Å²) in [5.41, 5.74) is 6.86. The Balaban J connectivity index is 1.51. The molecule has 0 spiro atoms. The molecule has 5 heteroatoms. The number of nitrogens with two attached hydrogens (primary N) is 1. The zero-order valence-corrected chi connectivity index (χ0v) is 9.95. The lowest BCUT2D eigenvalue weighted by atomic mass is 9.74. The van der Waals surface area contributed by atoms with Gasteiger partial charge in [0.2, 0.25) is 6.39 Å². The van der Waals surface area contributed by atoms with Gasteiger partial charge in [-0.25, -0.2) is 0 Å². The summed E-state index contributed by atoms with van der Waals surface area (Å²) in [6.45, 7) is 0.619. The summed E-state index contributed by atoms with van der Waals surface area (Å²) in [5, 5.41) is 3.80. The molecule has 2 aromatic rings. The van der Waals surface area contributed by atoms with Crippen LogP contribution in [0.4, 0.5) is 0 Å². The van der Waals surface area contributed by atoms with Crippen LogP contribution < -0.4 is 5.73 Å². The highest BCUT2D eigenvalue weighted by Gasteiger charge is 2.46. The van der Waals surface area contributed by atoms with E-state index in [0.717, 1.165) is 12.8 Å². The molecule has 1 aliphatic carbocycles. The summed E-state index contributed by atoms with van der Waals surface area (Å²) in [4.78, 5) is 4.00. The number of nitrogens with zero attached hydrogens (tertiary/aromatic N) is 2. The second kappa shape index (κ2) is 4.51. The second-order valence-electron chi connectivity index (χ2n) is 4.74. The molecule has 0 aliphatic heterocycles. The van der Waals surface area contributed by atoms with Crippen molar-refractivity contribution in [1.29, 1.82) is 0 Å². The van der Waals surface area contributed by atoms with E-state index in [2.05, 4.69) is 10.1 Å². The molecule has 0 radical (unpaired) electrons. The molecular formula is C13H15N3O2. The highest BCUT2D eigenvalue weighted by molar-refractivity contribution is 5.14. The lowest BCUT2D eigenvalue weighted by Gasteiger charge is -2.42. The standard InChI is InChI=1S/C13H15N3O2/c14-13(12-15-9-18-16-12)6-11(7-13)17-8-10-4-2-1-3-5-10/h1-5,9,11H,6-8,14H2. The Morgan fingerprint density at radius 3 is 2.78 bits per heavy atom. The maximum absolute atomic E-state index is 6.16. The van der Waals surface area contributed by atoms with E-state index in [1.54, 1.807) is 0 Å². The molecule has 0 amide bonds. The van der Waals surface area contributed by atoms with E-state index in [4.69, 9.17) is 15.0 Å². The Morgan fingerprint density at radius 2 is 2.11 bits per heavy atom. The van der Waals surface area contributed by atoms with Gasteiger partial charge in [0, 0.05) is 0 Å². The van der Waals surface area contributed by atoms with Crippen molar-refractivity contribution < 1.29 is 9.26 Å². The normalized spacial score (nSPS) is 26.8. The first kappa shape index (κ1) is 11.4. The Bertz CT molecular complexity index is 492. The van der Waals surface area contributed by atoms with Gasteiger partial charge in [0.15, 0.2) is 5.82 Å². The van der Waals surface area contributed by atoms with Gasteiger partial charge in [-0.1, -0.05) is 35.5 Å². The molecule has 18 heavy (non-hydrogen) atoms. The minimum Gasteiger partial charge on any atom is -0.373 e. The molecule has 0 atom stereocenters. The number of ether oxygens (including phenoxy) is 1. The molecule has 1 fully saturated rings. The van der Waals surface area contributed by atoms with Crippen molar-refractivity contribution in [3.05, 3.63) is 48.1 Å². The fourth-order valence-electron chi connectivity index (χ4n) is 2.23. The molecule has 1 saturated carbocycles. The zero-order chi connectivity index (χ0) is 12.4. The first-order valence-electron chi connectivity index (χ1n) is 5.97. The fourth-order valence-corrected chi connectivity index (χ4v) is 2.23. The third-order valence-corrected chi connectivity index (χ3v) is 3.32. The highest BCUT2D eigenvalue weighted by atomic mass is 16.5. The zero-order valence-electron chi connectivity index (χ0n) is 9.95. The largest absolute Gasteiger partial charge is 0.373 e. The van der Waals surface area contributed by atoms with E-state index in [1.807, 2.05) is 30.3 Å². The van der Waals surface area contributed by atoms with E-state index in [1.165, 1.54) is 12.0 Å². The van der Waals surface area contributed by atoms with Crippen LogP contribution in [0, 0.1) is 0 Å². The Labute approximate surface area is 105 Å². The molecule has 94 valence electrons. The molecule has 1 aromatic heterocycles. The average molecular weight is 245 g/mol. The van der Waals surface area contributed by atoms with Crippen LogP contribution in [0.3, 0.4) is 0 Å². The predicted molar refractivity (Wildman–Crippen MR) is 64.4 cm³/mol. The van der Waals surface area contributed by atoms with Crippen molar-refractivity contribution in [3.63, 3.8) is 0 Å². The smallest absolute Gasteiger partial charge is 0.213 e. The third kappa shape index (κ3) is 2.14. The van der Waals surface area contributed by atoms with Crippen molar-refractivity contribution in [1.82, 2.24) is 10.1 Å². The minimum absolute atomic E-state index is 0.175. The van der Waals surface area contributed by atoms with E-state index in [0.29, 0.717) is 12.4 Å². The molecule has 1 aromatic carbocycles. The number of benzene rings is 1. The van der Waals surface area contributed by atoms with Crippen molar-refractivity contribution in [2.24, 2.45) is 5.73 Å². The summed E-state index contributed by atoms with van der Waals surface area (Å²) in [7, 11) is 0. The van der Waals surface area contributed by atoms with Gasteiger partial charge >= 0.3 is 0 Å². The molecule has 1 aliphatic rings. The summed E-state index contributed by atoms with van der Waals surface area (Å²) < 4.78 is 10.5. The van der Waals surface area contributed by atoms with Gasteiger partial charge in [0.05, 0.1) is 18.2 Å². The second-order valence-corrected chi connectivity index (χ2v) is 4.74. The van der Waals surface area contributed by atoms with E-state index < -0.39 is 5.54 Å². The van der Waals surface area contributed by atoms with Gasteiger partial charge < -0.3 is 15.0 Å². The quantitative estimate of drug-likeness (QED) is 0.885. The van der Waals surface area contributed by atoms with Crippen LogP contribution in [-0.4, -0.2) is 16.2 Å². The van der Waals surface area contributed by atoms with Crippen molar-refractivity contribution in [2.75, 3.05) is 0 Å². The molecule has 5 nitrogen and oxygen atoms in total. The number of hydrogen-bond donors (Lipinski definition) is 1. The summed E-state index contributed by atoms with van der Waals surface area (Å²) in [6.07, 6.45) is 2.95. The molecule has 3 rings (SSSR count). The summed E-state index contributed by atoms with van der Waals surface area (Å²) in [5.74, 6) is 0.571. The number of hydrogen-bond acceptors (Lipinski definition) is 5. The molecule has 0 bridgehead atoms. The predicted octanol–water partition coefficient (Wildman–Crippen LogP) is 1.60. The SMILES string of the molecule is NC1(c2ncon2)CC(OCc2ccccc2)C1. The van der Waals surface area contributed by atoms with E-state index in [-0.39, 0.29) is 6.10 Å². The summed E-state index contributed by atoms with van der Waals surface area (Å²) >= 11 is 0. The van der Waals surface area contributed by atoms with Crippen LogP contribution in [-0.2, 0) is 16.9 Å². The molecule has 0 saturated heterocycles. The van der Waals surface area contributed by atoms with Gasteiger partial charge in [0.1, 0.15) is 0 Å². The Kier molecular flexibility index (Phi) is 2.85. The molecule has 1 heterocycles. The van der Waals surface area contributed by atoms with Crippen LogP contribution in [0.1, 0.15) is 24.2 Å². The third-order valence-electron chi connectivity index (χ3n) is 3.32. The molecule has 2 N–H and O–H groups in total. The highest BCUT2D eigenvalue weighted by Crippen LogP contribution is 2.39. The molecule has 0 unspecified atom stereocenters. The van der Waals surface area contributed by atoms with E-state index >= 15 is 0 Å². The topological polar surface area (TPSA) is 74.2 Å². The first-order valence-corrected chi connectivity index (χ1v) is 5.97. The van der Waals surface area contributed by atoms with Crippen LogP contribution in [0.2, 0.25) is 0 Å². The summed E-state index contributed by atoms with van der Waals surface area (Å²) in [6, 6.07) is 10.1. The van der Waals surface area contributed by atoms with Crippen molar-refractivity contribution in [3.8, 4) is 0 Å². The first-order chi connectivity index (χ1) is 8.76. The molecular weight excluding hydrogens is 230 g/mol. The Morgan fingerprint density at radius 1 is 1.33 bits per heavy atom. The maximum Gasteiger partial charge on any atom is 0.213 e. The van der Waals surface area contributed by atoms with Gasteiger partial charge in [0.25, 0.3) is 0 Å². The van der Waals surface area contributed by atoms with Gasteiger partial charge in [-0.3, -0.25) is 0 Å². The van der Waals surface area contributed by atoms with Crippen LogP contribution in [0.15, 0.2) is 41.2 Å². The number of rotatable bonds is 4. The van der Waals surface area contributed by atoms with Crippen molar-refractivity contribution in [2.45, 2.75) is 31.1 Å². The van der Waals surface area contributed by atoms with Crippen molar-refractivity contribution >= 4 is 0 Å².